The zero-order valence-corrected chi connectivity index (χ0v) is 10.4. The third kappa shape index (κ3) is 2.16. The highest BCUT2D eigenvalue weighted by molar-refractivity contribution is 5.39. The Morgan fingerprint density at radius 3 is 3.06 bits per heavy atom. The van der Waals surface area contributed by atoms with E-state index in [0.717, 1.165) is 31.5 Å². The van der Waals surface area contributed by atoms with Gasteiger partial charge in [-0.2, -0.15) is 0 Å². The minimum atomic E-state index is 0.602. The van der Waals surface area contributed by atoms with Gasteiger partial charge in [-0.25, -0.2) is 0 Å². The van der Waals surface area contributed by atoms with E-state index >= 15 is 0 Å². The number of benzene rings is 1. The molecule has 0 spiro atoms. The van der Waals surface area contributed by atoms with Crippen LogP contribution in [0.25, 0.3) is 0 Å². The molecule has 1 aliphatic carbocycles. The van der Waals surface area contributed by atoms with Gasteiger partial charge in [-0.05, 0) is 36.9 Å². The second-order valence-electron chi connectivity index (χ2n) is 4.92. The highest BCUT2D eigenvalue weighted by atomic mass is 15.4. The number of hydrogen-bond acceptors (Lipinski definition) is 3. The van der Waals surface area contributed by atoms with E-state index in [9.17, 15) is 0 Å². The molecule has 1 aliphatic rings. The maximum atomic E-state index is 5.49. The van der Waals surface area contributed by atoms with E-state index in [-0.39, 0.29) is 0 Å². The van der Waals surface area contributed by atoms with Crippen molar-refractivity contribution < 1.29 is 0 Å². The lowest BCUT2D eigenvalue weighted by Crippen LogP contribution is -2.22. The molecule has 0 amide bonds. The Morgan fingerprint density at radius 2 is 2.22 bits per heavy atom. The molecule has 4 nitrogen and oxygen atoms in total. The molecule has 0 fully saturated rings. The van der Waals surface area contributed by atoms with Crippen molar-refractivity contribution in [2.75, 3.05) is 6.54 Å². The Kier molecular flexibility index (Phi) is 3.11. The summed E-state index contributed by atoms with van der Waals surface area (Å²) in [6.45, 7) is 1.65. The van der Waals surface area contributed by atoms with Crippen LogP contribution in [0.15, 0.2) is 30.5 Å². The fraction of sp³-hybridized carbons (Fsp3) is 0.429. The van der Waals surface area contributed by atoms with E-state index in [4.69, 9.17) is 5.73 Å². The largest absolute Gasteiger partial charge is 0.330 e. The van der Waals surface area contributed by atoms with Gasteiger partial charge in [0.2, 0.25) is 0 Å². The van der Waals surface area contributed by atoms with Crippen molar-refractivity contribution in [2.45, 2.75) is 31.7 Å². The highest BCUT2D eigenvalue weighted by Gasteiger charge is 2.25. The maximum absolute atomic E-state index is 5.49. The molecule has 3 rings (SSSR count). The van der Waals surface area contributed by atoms with E-state index in [1.165, 1.54) is 11.1 Å². The highest BCUT2D eigenvalue weighted by Crippen LogP contribution is 2.35. The van der Waals surface area contributed by atoms with Gasteiger partial charge in [0.1, 0.15) is 0 Å². The molecular formula is C14H18N4. The summed E-state index contributed by atoms with van der Waals surface area (Å²) in [6.07, 6.45) is 5.12. The predicted molar refractivity (Wildman–Crippen MR) is 70.3 cm³/mol. The number of aryl methyl sites for hydroxylation is 1. The minimum Gasteiger partial charge on any atom is -0.330 e. The number of nitrogens with zero attached hydrogens (tertiary/aromatic N) is 3. The Labute approximate surface area is 107 Å². The fourth-order valence-corrected chi connectivity index (χ4v) is 2.58. The number of hydrogen-bond donors (Lipinski definition) is 1. The molecule has 1 aromatic carbocycles. The average Bonchev–Trinajstić information content (AvgIpc) is 2.81. The summed E-state index contributed by atoms with van der Waals surface area (Å²) in [5.74, 6) is 0.602. The van der Waals surface area contributed by atoms with Crippen molar-refractivity contribution in [3.05, 3.63) is 47.3 Å². The summed E-state index contributed by atoms with van der Waals surface area (Å²) < 4.78 is 1.96. The van der Waals surface area contributed by atoms with Crippen molar-refractivity contribution in [3.8, 4) is 0 Å². The lowest BCUT2D eigenvalue weighted by Gasteiger charge is -2.29. The quantitative estimate of drug-likeness (QED) is 0.864. The monoisotopic (exact) mass is 242 g/mol. The van der Waals surface area contributed by atoms with Gasteiger partial charge in [0.15, 0.2) is 0 Å². The van der Waals surface area contributed by atoms with E-state index in [1.807, 2.05) is 4.68 Å². The lowest BCUT2D eigenvalue weighted by molar-refractivity contribution is 0.465. The van der Waals surface area contributed by atoms with Crippen LogP contribution >= 0.6 is 0 Å². The molecule has 2 aromatic rings. The number of aromatic nitrogens is 3. The first-order valence-electron chi connectivity index (χ1n) is 6.53. The van der Waals surface area contributed by atoms with E-state index < -0.39 is 0 Å². The molecule has 94 valence electrons. The molecule has 1 heterocycles. The minimum absolute atomic E-state index is 0.602. The van der Waals surface area contributed by atoms with Crippen molar-refractivity contribution in [3.63, 3.8) is 0 Å². The van der Waals surface area contributed by atoms with Crippen LogP contribution in [0.2, 0.25) is 0 Å². The fourth-order valence-electron chi connectivity index (χ4n) is 2.58. The summed E-state index contributed by atoms with van der Waals surface area (Å²) >= 11 is 0. The molecule has 0 radical (unpaired) electrons. The Morgan fingerprint density at radius 1 is 1.33 bits per heavy atom. The van der Waals surface area contributed by atoms with Crippen molar-refractivity contribution in [1.82, 2.24) is 15.0 Å². The molecular weight excluding hydrogens is 224 g/mol. The SMILES string of the molecule is NCCCc1cn(CC2Cc3ccccc32)nn1. The molecule has 0 bridgehead atoms. The first kappa shape index (κ1) is 11.4. The van der Waals surface area contributed by atoms with Gasteiger partial charge in [0, 0.05) is 18.7 Å². The lowest BCUT2D eigenvalue weighted by atomic mass is 9.78. The van der Waals surface area contributed by atoms with E-state index in [0.29, 0.717) is 12.5 Å². The molecule has 0 aliphatic heterocycles. The summed E-state index contributed by atoms with van der Waals surface area (Å²) in [6, 6.07) is 8.64. The third-order valence-electron chi connectivity index (χ3n) is 3.59. The van der Waals surface area contributed by atoms with E-state index in [1.54, 1.807) is 0 Å². The standard InChI is InChI=1S/C14H18N4/c15-7-3-5-13-10-18(17-16-13)9-12-8-11-4-1-2-6-14(11)12/h1-2,4,6,10,12H,3,5,7-9,15H2. The van der Waals surface area contributed by atoms with Crippen LogP contribution < -0.4 is 5.73 Å². The first-order chi connectivity index (χ1) is 8.86. The van der Waals surface area contributed by atoms with Gasteiger partial charge in [-0.1, -0.05) is 29.5 Å². The molecule has 1 atom stereocenters. The van der Waals surface area contributed by atoms with Crippen LogP contribution in [-0.2, 0) is 19.4 Å². The first-order valence-corrected chi connectivity index (χ1v) is 6.53. The summed E-state index contributed by atoms with van der Waals surface area (Å²) in [7, 11) is 0. The van der Waals surface area contributed by atoms with Gasteiger partial charge in [-0.3, -0.25) is 4.68 Å². The van der Waals surface area contributed by atoms with Gasteiger partial charge in [0.05, 0.1) is 5.69 Å². The molecule has 0 saturated heterocycles. The smallest absolute Gasteiger partial charge is 0.0827 e. The topological polar surface area (TPSA) is 56.7 Å². The van der Waals surface area contributed by atoms with Gasteiger partial charge < -0.3 is 5.73 Å². The summed E-state index contributed by atoms with van der Waals surface area (Å²) in [4.78, 5) is 0. The van der Waals surface area contributed by atoms with Crippen molar-refractivity contribution >= 4 is 0 Å². The van der Waals surface area contributed by atoms with Crippen LogP contribution in [0.3, 0.4) is 0 Å². The number of rotatable bonds is 5. The van der Waals surface area contributed by atoms with Crippen LogP contribution in [0.4, 0.5) is 0 Å². The molecule has 2 N–H and O–H groups in total. The second kappa shape index (κ2) is 4.90. The predicted octanol–water partition coefficient (Wildman–Crippen LogP) is 1.51. The zero-order chi connectivity index (χ0) is 12.4. The zero-order valence-electron chi connectivity index (χ0n) is 10.4. The van der Waals surface area contributed by atoms with Crippen LogP contribution in [0.1, 0.15) is 29.2 Å². The van der Waals surface area contributed by atoms with Gasteiger partial charge in [-0.15, -0.1) is 5.10 Å². The molecule has 1 aromatic heterocycles. The number of nitrogens with two attached hydrogens (primary N) is 1. The van der Waals surface area contributed by atoms with E-state index in [2.05, 4.69) is 40.8 Å². The Balaban J connectivity index is 1.63. The molecule has 18 heavy (non-hydrogen) atoms. The Bertz CT molecular complexity index is 532. The van der Waals surface area contributed by atoms with Crippen LogP contribution in [-0.4, -0.2) is 21.5 Å². The van der Waals surface area contributed by atoms with Crippen LogP contribution in [0, 0.1) is 0 Å². The summed E-state index contributed by atoms with van der Waals surface area (Å²) in [5.41, 5.74) is 9.49. The van der Waals surface area contributed by atoms with Gasteiger partial charge >= 0.3 is 0 Å². The number of fused-ring (bicyclic) bond motifs is 1. The molecule has 0 saturated carbocycles. The average molecular weight is 242 g/mol. The third-order valence-corrected chi connectivity index (χ3v) is 3.59. The maximum Gasteiger partial charge on any atom is 0.0827 e. The van der Waals surface area contributed by atoms with Gasteiger partial charge in [0.25, 0.3) is 0 Å². The van der Waals surface area contributed by atoms with Crippen LogP contribution in [0.5, 0.6) is 0 Å². The summed E-state index contributed by atoms with van der Waals surface area (Å²) in [5, 5.41) is 8.37. The molecule has 4 heteroatoms. The molecule has 1 unspecified atom stereocenters. The normalized spacial score (nSPS) is 17.3. The van der Waals surface area contributed by atoms with Crippen molar-refractivity contribution in [2.24, 2.45) is 5.73 Å². The second-order valence-corrected chi connectivity index (χ2v) is 4.92. The Hall–Kier alpha value is -1.68. The van der Waals surface area contributed by atoms with Crippen molar-refractivity contribution in [1.29, 1.82) is 0 Å².